The molecule has 11 heteroatoms. The first kappa shape index (κ1) is 22.7. The zero-order chi connectivity index (χ0) is 20.9. The van der Waals surface area contributed by atoms with Gasteiger partial charge in [-0.3, -0.25) is 18.4 Å². The first-order valence-corrected chi connectivity index (χ1v) is 13.8. The predicted octanol–water partition coefficient (Wildman–Crippen LogP) is 2.99. The van der Waals surface area contributed by atoms with Crippen LogP contribution in [-0.4, -0.2) is 63.1 Å². The molecule has 3 atom stereocenters. The fourth-order valence-corrected chi connectivity index (χ4v) is 6.13. The molecule has 1 unspecified atom stereocenters. The summed E-state index contributed by atoms with van der Waals surface area (Å²) in [5, 5.41) is -0.487. The molecule has 1 amide bonds. The number of carbonyl (C=O) groups excluding carboxylic acids is 3. The van der Waals surface area contributed by atoms with Gasteiger partial charge in [0.05, 0.1) is 12.0 Å². The minimum absolute atomic E-state index is 0.0760. The minimum Gasteiger partial charge on any atom is -0.460 e. The lowest BCUT2D eigenvalue weighted by Gasteiger charge is -2.48. The van der Waals surface area contributed by atoms with E-state index in [0.29, 0.717) is 0 Å². The van der Waals surface area contributed by atoms with Crippen molar-refractivity contribution in [2.75, 3.05) is 13.2 Å². The largest absolute Gasteiger partial charge is 0.460 e. The molecular weight excluding hydrogens is 418 g/mol. The molecule has 28 heavy (non-hydrogen) atoms. The van der Waals surface area contributed by atoms with E-state index < -0.39 is 25.6 Å². The number of rotatable bonds is 9. The summed E-state index contributed by atoms with van der Waals surface area (Å²) < 4.78 is 12.4. The first-order chi connectivity index (χ1) is 13.1. The Bertz CT molecular complexity index is 723. The zero-order valence-electron chi connectivity index (χ0n) is 16.4. The van der Waals surface area contributed by atoms with Crippen LogP contribution in [0.2, 0.25) is 19.6 Å². The lowest BCUT2D eigenvalue weighted by atomic mass is 9.93. The summed E-state index contributed by atoms with van der Waals surface area (Å²) in [5.74, 6) is -1.23. The third kappa shape index (κ3) is 6.22. The van der Waals surface area contributed by atoms with Gasteiger partial charge in [0, 0.05) is 24.3 Å². The van der Waals surface area contributed by atoms with E-state index in [9.17, 15) is 14.4 Å². The molecule has 2 rings (SSSR count). The monoisotopic (exact) mass is 443 g/mol. The second-order valence-electron chi connectivity index (χ2n) is 7.17. The molecular formula is C17H25N3O5S2Si. The molecule has 2 heterocycles. The van der Waals surface area contributed by atoms with E-state index in [4.69, 9.17) is 9.16 Å². The second kappa shape index (κ2) is 9.77. The molecule has 8 nitrogen and oxygen atoms in total. The average Bonchev–Trinajstić information content (AvgIpc) is 3.08. The summed E-state index contributed by atoms with van der Waals surface area (Å²) in [7, 11) is -1.87. The third-order valence-electron chi connectivity index (χ3n) is 3.77. The maximum Gasteiger partial charge on any atom is 0.325 e. The van der Waals surface area contributed by atoms with Gasteiger partial charge < -0.3 is 14.1 Å². The van der Waals surface area contributed by atoms with E-state index in [-0.39, 0.29) is 29.6 Å². The number of β-lactam (4-membered cyclic amide) rings is 1. The molecule has 1 aliphatic heterocycles. The molecule has 0 radical (unpaired) electrons. The van der Waals surface area contributed by atoms with Crippen molar-refractivity contribution >= 4 is 48.4 Å². The van der Waals surface area contributed by atoms with Crippen LogP contribution in [0, 0.1) is 5.92 Å². The van der Waals surface area contributed by atoms with Gasteiger partial charge in [-0.2, -0.15) is 0 Å². The summed E-state index contributed by atoms with van der Waals surface area (Å²) in [6.07, 6.45) is 5.87. The molecule has 1 saturated heterocycles. The molecule has 0 aliphatic carbocycles. The standard InChI is InChI=1S/C17H25N3O5S2Si/c1-6-9-24-13(21)10-20-15(22)14(12(2)25-28(3,4)5)16(20)26-17(23)27-19-8-7-18-11-19/h6-8,11-12,14,16H,1,9-10H2,2-5H3/t12?,14-,16+/m0/s1. The highest BCUT2D eigenvalue weighted by Gasteiger charge is 2.53. The second-order valence-corrected chi connectivity index (χ2v) is 14.0. The molecule has 1 fully saturated rings. The number of amides is 1. The Balaban J connectivity index is 2.08. The highest BCUT2D eigenvalue weighted by molar-refractivity contribution is 8.38. The van der Waals surface area contributed by atoms with Crippen molar-refractivity contribution in [1.29, 1.82) is 0 Å². The smallest absolute Gasteiger partial charge is 0.325 e. The van der Waals surface area contributed by atoms with Gasteiger partial charge in [-0.25, -0.2) is 4.98 Å². The van der Waals surface area contributed by atoms with Gasteiger partial charge in [-0.05, 0) is 38.3 Å². The maximum atomic E-state index is 12.7. The van der Waals surface area contributed by atoms with Gasteiger partial charge in [0.25, 0.3) is 4.45 Å². The highest BCUT2D eigenvalue weighted by atomic mass is 32.2. The van der Waals surface area contributed by atoms with Crippen molar-refractivity contribution in [3.8, 4) is 0 Å². The van der Waals surface area contributed by atoms with Crippen LogP contribution < -0.4 is 0 Å². The van der Waals surface area contributed by atoms with Gasteiger partial charge in [-0.1, -0.05) is 12.7 Å². The molecule has 0 aromatic carbocycles. The van der Waals surface area contributed by atoms with Crippen LogP contribution in [-0.2, 0) is 18.8 Å². The van der Waals surface area contributed by atoms with Crippen LogP contribution in [0.1, 0.15) is 6.92 Å². The van der Waals surface area contributed by atoms with Crippen molar-refractivity contribution in [2.45, 2.75) is 38.0 Å². The third-order valence-corrected chi connectivity index (χ3v) is 6.92. The number of thioether (sulfide) groups is 1. The lowest BCUT2D eigenvalue weighted by molar-refractivity contribution is -0.163. The molecule has 0 spiro atoms. The Morgan fingerprint density at radius 2 is 2.14 bits per heavy atom. The molecule has 0 saturated carbocycles. The van der Waals surface area contributed by atoms with Crippen LogP contribution in [0.15, 0.2) is 31.4 Å². The van der Waals surface area contributed by atoms with Crippen molar-refractivity contribution in [2.24, 2.45) is 5.92 Å². The van der Waals surface area contributed by atoms with E-state index in [0.717, 1.165) is 23.7 Å². The maximum absolute atomic E-state index is 12.7. The fourth-order valence-electron chi connectivity index (χ4n) is 2.76. The topological polar surface area (TPSA) is 90.7 Å². The SMILES string of the molecule is C=CCOC(=O)CN1C(=O)[C@H](C(C)O[Si](C)(C)C)[C@H]1SC(=O)Sn1ccnc1. The summed E-state index contributed by atoms with van der Waals surface area (Å²) in [5.41, 5.74) is 0. The molecule has 0 bridgehead atoms. The summed E-state index contributed by atoms with van der Waals surface area (Å²) in [6, 6.07) is 0. The van der Waals surface area contributed by atoms with Crippen LogP contribution in [0.3, 0.4) is 0 Å². The van der Waals surface area contributed by atoms with Crippen LogP contribution >= 0.6 is 23.7 Å². The molecule has 1 aromatic rings. The quantitative estimate of drug-likeness (QED) is 0.249. The lowest BCUT2D eigenvalue weighted by Crippen LogP contribution is -2.65. The number of ether oxygens (including phenoxy) is 1. The average molecular weight is 444 g/mol. The minimum atomic E-state index is -1.87. The highest BCUT2D eigenvalue weighted by Crippen LogP contribution is 2.41. The van der Waals surface area contributed by atoms with Gasteiger partial charge >= 0.3 is 5.97 Å². The normalized spacial score (nSPS) is 20.4. The van der Waals surface area contributed by atoms with Gasteiger partial charge in [0.1, 0.15) is 24.9 Å². The van der Waals surface area contributed by atoms with Crippen molar-refractivity contribution < 1.29 is 23.5 Å². The number of likely N-dealkylation sites (tertiary alicyclic amines) is 1. The number of aromatic nitrogens is 2. The Kier molecular flexibility index (Phi) is 7.93. The zero-order valence-corrected chi connectivity index (χ0v) is 19.0. The fraction of sp³-hybridized carbons (Fsp3) is 0.529. The predicted molar refractivity (Wildman–Crippen MR) is 112 cm³/mol. The summed E-state index contributed by atoms with van der Waals surface area (Å²) >= 11 is 1.98. The summed E-state index contributed by atoms with van der Waals surface area (Å²) in [6.45, 7) is 11.3. The van der Waals surface area contributed by atoms with Gasteiger partial charge in [0.15, 0.2) is 8.32 Å². The molecule has 1 aliphatic rings. The number of nitrogens with zero attached hydrogens (tertiary/aromatic N) is 3. The Morgan fingerprint density at radius 3 is 2.71 bits per heavy atom. The number of esters is 1. The molecule has 1 aromatic heterocycles. The van der Waals surface area contributed by atoms with E-state index in [1.54, 1.807) is 16.4 Å². The van der Waals surface area contributed by atoms with Crippen LogP contribution in [0.4, 0.5) is 4.79 Å². The van der Waals surface area contributed by atoms with E-state index in [1.165, 1.54) is 17.3 Å². The van der Waals surface area contributed by atoms with E-state index >= 15 is 0 Å². The van der Waals surface area contributed by atoms with Crippen LogP contribution in [0.25, 0.3) is 0 Å². The van der Waals surface area contributed by atoms with Crippen molar-refractivity contribution in [3.63, 3.8) is 0 Å². The summed E-state index contributed by atoms with van der Waals surface area (Å²) in [4.78, 5) is 42.4. The molecule has 154 valence electrons. The Morgan fingerprint density at radius 1 is 1.43 bits per heavy atom. The first-order valence-electron chi connectivity index (χ1n) is 8.74. The number of hydrogen-bond donors (Lipinski definition) is 0. The Hall–Kier alpha value is -1.56. The number of carbonyl (C=O) groups is 3. The van der Waals surface area contributed by atoms with Gasteiger partial charge in [0.2, 0.25) is 5.91 Å². The number of hydrogen-bond acceptors (Lipinski definition) is 8. The van der Waals surface area contributed by atoms with Crippen LogP contribution in [0.5, 0.6) is 0 Å². The van der Waals surface area contributed by atoms with Crippen molar-refractivity contribution in [3.05, 3.63) is 31.4 Å². The molecule has 0 N–H and O–H groups in total. The number of imidazole rings is 1. The Labute approximate surface area is 174 Å². The van der Waals surface area contributed by atoms with Crippen molar-refractivity contribution in [1.82, 2.24) is 13.9 Å². The van der Waals surface area contributed by atoms with Gasteiger partial charge in [-0.15, -0.1) is 0 Å². The van der Waals surface area contributed by atoms with E-state index in [1.807, 2.05) is 26.6 Å². The van der Waals surface area contributed by atoms with E-state index in [2.05, 4.69) is 11.6 Å².